The summed E-state index contributed by atoms with van der Waals surface area (Å²) in [5.74, 6) is -0.379. The van der Waals surface area contributed by atoms with Crippen LogP contribution in [0.1, 0.15) is 40.4 Å². The molecule has 162 valence electrons. The summed E-state index contributed by atoms with van der Waals surface area (Å²) < 4.78 is 28.0. The number of anilines is 1. The number of fused-ring (bicyclic) bond motifs is 1. The third kappa shape index (κ3) is 4.36. The molecule has 0 fully saturated rings. The number of nitrogens with one attached hydrogen (secondary N) is 1. The third-order valence-electron chi connectivity index (χ3n) is 5.58. The van der Waals surface area contributed by atoms with E-state index in [0.29, 0.717) is 31.5 Å². The highest BCUT2D eigenvalue weighted by molar-refractivity contribution is 7.92. The van der Waals surface area contributed by atoms with E-state index < -0.39 is 10.0 Å². The summed E-state index contributed by atoms with van der Waals surface area (Å²) in [7, 11) is -3.79. The van der Waals surface area contributed by atoms with Crippen LogP contribution >= 0.6 is 0 Å². The van der Waals surface area contributed by atoms with Gasteiger partial charge in [-0.25, -0.2) is 8.42 Å². The molecule has 32 heavy (non-hydrogen) atoms. The number of benzene rings is 3. The zero-order valence-corrected chi connectivity index (χ0v) is 18.3. The van der Waals surface area contributed by atoms with E-state index in [1.54, 1.807) is 18.2 Å². The van der Waals surface area contributed by atoms with Crippen molar-refractivity contribution in [2.24, 2.45) is 0 Å². The number of rotatable bonds is 7. The van der Waals surface area contributed by atoms with E-state index in [0.717, 1.165) is 11.1 Å². The van der Waals surface area contributed by atoms with Gasteiger partial charge in [0.2, 0.25) is 0 Å². The van der Waals surface area contributed by atoms with Crippen molar-refractivity contribution in [1.82, 2.24) is 5.32 Å². The van der Waals surface area contributed by atoms with Crippen molar-refractivity contribution < 1.29 is 13.2 Å². The Balaban J connectivity index is 1.58. The Morgan fingerprint density at radius 2 is 1.78 bits per heavy atom. The minimum Gasteiger partial charge on any atom is -0.345 e. The highest BCUT2D eigenvalue weighted by atomic mass is 32.2. The van der Waals surface area contributed by atoms with Gasteiger partial charge in [0.05, 0.1) is 22.7 Å². The average Bonchev–Trinajstić information content (AvgIpc) is 3.27. The minimum atomic E-state index is -3.79. The highest BCUT2D eigenvalue weighted by Crippen LogP contribution is 2.32. The highest BCUT2D eigenvalue weighted by Gasteiger charge is 2.31. The van der Waals surface area contributed by atoms with Gasteiger partial charge >= 0.3 is 0 Å². The van der Waals surface area contributed by atoms with E-state index in [-0.39, 0.29) is 22.4 Å². The molecule has 0 saturated heterocycles. The molecule has 1 amide bonds. The van der Waals surface area contributed by atoms with Crippen LogP contribution in [0, 0.1) is 11.3 Å². The molecule has 6 nitrogen and oxygen atoms in total. The normalized spacial score (nSPS) is 13.8. The van der Waals surface area contributed by atoms with E-state index >= 15 is 0 Å². The molecule has 0 spiro atoms. The number of nitriles is 1. The summed E-state index contributed by atoms with van der Waals surface area (Å²) in [5.41, 5.74) is 2.83. The molecule has 0 saturated carbocycles. The van der Waals surface area contributed by atoms with E-state index in [2.05, 4.69) is 11.4 Å². The first kappa shape index (κ1) is 21.6. The number of hydrogen-bond acceptors (Lipinski definition) is 4. The number of para-hydroxylation sites is 1. The van der Waals surface area contributed by atoms with Crippen molar-refractivity contribution in [3.8, 4) is 6.07 Å². The standard InChI is InChI=1S/C25H23N3O3S/c26-16-7-13-23(19-8-2-1-3-9-19)27-25(29)21-11-6-12-22(18-21)32(30,31)28-17-15-20-10-4-5-14-24(20)28/h1-6,8-12,14,18,23H,7,13,15,17H2,(H,27,29). The molecule has 1 atom stereocenters. The number of carbonyl (C=O) groups is 1. The number of amides is 1. The van der Waals surface area contributed by atoms with Gasteiger partial charge in [-0.3, -0.25) is 9.10 Å². The predicted molar refractivity (Wildman–Crippen MR) is 123 cm³/mol. The van der Waals surface area contributed by atoms with Gasteiger partial charge in [-0.15, -0.1) is 0 Å². The van der Waals surface area contributed by atoms with Gasteiger partial charge in [-0.05, 0) is 48.2 Å². The van der Waals surface area contributed by atoms with Crippen molar-refractivity contribution in [1.29, 1.82) is 5.26 Å². The topological polar surface area (TPSA) is 90.3 Å². The van der Waals surface area contributed by atoms with Crippen molar-refractivity contribution in [2.45, 2.75) is 30.2 Å². The Morgan fingerprint density at radius 1 is 1.03 bits per heavy atom. The molecule has 3 aromatic rings. The SMILES string of the molecule is N#CCCC(NC(=O)c1cccc(S(=O)(=O)N2CCc3ccccc32)c1)c1ccccc1. The van der Waals surface area contributed by atoms with Crippen molar-refractivity contribution >= 4 is 21.6 Å². The van der Waals surface area contributed by atoms with Gasteiger partial charge in [0.15, 0.2) is 0 Å². The lowest BCUT2D eigenvalue weighted by atomic mass is 10.0. The monoisotopic (exact) mass is 445 g/mol. The van der Waals surface area contributed by atoms with Crippen LogP contribution in [0.3, 0.4) is 0 Å². The lowest BCUT2D eigenvalue weighted by Crippen LogP contribution is -2.30. The fourth-order valence-corrected chi connectivity index (χ4v) is 5.49. The maximum atomic E-state index is 13.3. The van der Waals surface area contributed by atoms with Crippen LogP contribution in [-0.4, -0.2) is 20.9 Å². The van der Waals surface area contributed by atoms with Gasteiger partial charge in [0.25, 0.3) is 15.9 Å². The molecule has 7 heteroatoms. The molecule has 1 unspecified atom stereocenters. The predicted octanol–water partition coefficient (Wildman–Crippen LogP) is 4.21. The number of sulfonamides is 1. The largest absolute Gasteiger partial charge is 0.345 e. The molecule has 1 aliphatic rings. The van der Waals surface area contributed by atoms with Gasteiger partial charge in [-0.1, -0.05) is 54.6 Å². The molecule has 1 heterocycles. The number of nitrogens with zero attached hydrogens (tertiary/aromatic N) is 2. The molecule has 1 aliphatic heterocycles. The summed E-state index contributed by atoms with van der Waals surface area (Å²) in [6, 6.07) is 24.8. The summed E-state index contributed by atoms with van der Waals surface area (Å²) >= 11 is 0. The zero-order valence-electron chi connectivity index (χ0n) is 17.4. The first-order valence-electron chi connectivity index (χ1n) is 10.4. The first-order chi connectivity index (χ1) is 15.5. The Morgan fingerprint density at radius 3 is 2.56 bits per heavy atom. The molecular weight excluding hydrogens is 422 g/mol. The Labute approximate surface area is 188 Å². The lowest BCUT2D eigenvalue weighted by Gasteiger charge is -2.21. The van der Waals surface area contributed by atoms with Gasteiger partial charge in [0.1, 0.15) is 0 Å². The summed E-state index contributed by atoms with van der Waals surface area (Å²) in [5, 5.41) is 11.9. The lowest BCUT2D eigenvalue weighted by molar-refractivity contribution is 0.0934. The van der Waals surface area contributed by atoms with Crippen LogP contribution in [-0.2, 0) is 16.4 Å². The molecule has 0 radical (unpaired) electrons. The van der Waals surface area contributed by atoms with Crippen LogP contribution in [0.5, 0.6) is 0 Å². The van der Waals surface area contributed by atoms with Crippen LogP contribution in [0.25, 0.3) is 0 Å². The summed E-state index contributed by atoms with van der Waals surface area (Å²) in [4.78, 5) is 13.1. The zero-order chi connectivity index (χ0) is 22.6. The second kappa shape index (κ2) is 9.25. The summed E-state index contributed by atoms with van der Waals surface area (Å²) in [6.45, 7) is 0.377. The second-order valence-corrected chi connectivity index (χ2v) is 9.48. The third-order valence-corrected chi connectivity index (χ3v) is 7.39. The average molecular weight is 446 g/mol. The summed E-state index contributed by atoms with van der Waals surface area (Å²) in [6.07, 6.45) is 1.42. The smallest absolute Gasteiger partial charge is 0.264 e. The molecule has 4 rings (SSSR count). The van der Waals surface area contributed by atoms with Crippen LogP contribution in [0.2, 0.25) is 0 Å². The molecule has 0 bridgehead atoms. The van der Waals surface area contributed by atoms with Gasteiger partial charge in [0, 0.05) is 18.5 Å². The minimum absolute atomic E-state index is 0.0788. The second-order valence-electron chi connectivity index (χ2n) is 7.62. The molecule has 1 N–H and O–H groups in total. The molecule has 0 aliphatic carbocycles. The van der Waals surface area contributed by atoms with Crippen molar-refractivity contribution in [3.05, 3.63) is 95.6 Å². The number of hydrogen-bond donors (Lipinski definition) is 1. The van der Waals surface area contributed by atoms with E-state index in [1.165, 1.54) is 16.4 Å². The quantitative estimate of drug-likeness (QED) is 0.590. The van der Waals surface area contributed by atoms with Crippen LogP contribution in [0.4, 0.5) is 5.69 Å². The van der Waals surface area contributed by atoms with E-state index in [4.69, 9.17) is 5.26 Å². The molecule has 3 aromatic carbocycles. The van der Waals surface area contributed by atoms with Crippen LogP contribution in [0.15, 0.2) is 83.8 Å². The van der Waals surface area contributed by atoms with E-state index in [9.17, 15) is 13.2 Å². The molecular formula is C25H23N3O3S. The Kier molecular flexibility index (Phi) is 6.24. The van der Waals surface area contributed by atoms with Gasteiger partial charge in [-0.2, -0.15) is 5.26 Å². The number of carbonyl (C=O) groups excluding carboxylic acids is 1. The maximum absolute atomic E-state index is 13.3. The fraction of sp³-hybridized carbons (Fsp3) is 0.200. The Bertz CT molecular complexity index is 1270. The van der Waals surface area contributed by atoms with E-state index in [1.807, 2.05) is 48.5 Å². The van der Waals surface area contributed by atoms with Crippen molar-refractivity contribution in [2.75, 3.05) is 10.8 Å². The van der Waals surface area contributed by atoms with Crippen molar-refractivity contribution in [3.63, 3.8) is 0 Å². The fourth-order valence-electron chi connectivity index (χ4n) is 3.94. The van der Waals surface area contributed by atoms with Gasteiger partial charge < -0.3 is 5.32 Å². The van der Waals surface area contributed by atoms with Crippen LogP contribution < -0.4 is 9.62 Å². The molecule has 0 aromatic heterocycles. The first-order valence-corrected chi connectivity index (χ1v) is 11.9. The Hall–Kier alpha value is -3.63. The maximum Gasteiger partial charge on any atom is 0.264 e.